The summed E-state index contributed by atoms with van der Waals surface area (Å²) in [5, 5.41) is 0. The molecule has 0 saturated carbocycles. The predicted molar refractivity (Wildman–Crippen MR) is 94.8 cm³/mol. The minimum atomic E-state index is -0.302. The second-order valence-electron chi connectivity index (χ2n) is 6.46. The van der Waals surface area contributed by atoms with Crippen LogP contribution in [0.3, 0.4) is 0 Å². The van der Waals surface area contributed by atoms with Gasteiger partial charge in [0.1, 0.15) is 0 Å². The molecule has 0 unspecified atom stereocenters. The number of pyridine rings is 1. The van der Waals surface area contributed by atoms with Crippen molar-refractivity contribution in [2.24, 2.45) is 0 Å². The molecular weight excluding hydrogens is 320 g/mol. The Morgan fingerprint density at radius 3 is 2.36 bits per heavy atom. The van der Waals surface area contributed by atoms with Crippen LogP contribution in [0.1, 0.15) is 36.5 Å². The van der Waals surface area contributed by atoms with Crippen molar-refractivity contribution in [1.82, 2.24) is 14.8 Å². The molecule has 25 heavy (non-hydrogen) atoms. The number of hydrogen-bond donors (Lipinski definition) is 0. The SMILES string of the molecule is CCOC(=O)N1CCN(C(=O)c2cncc(N3CCCCC3)c2)CC1. The number of ether oxygens (including phenoxy) is 1. The molecule has 3 rings (SSSR count). The number of aromatic nitrogens is 1. The molecule has 2 amide bonds. The van der Waals surface area contributed by atoms with E-state index >= 15 is 0 Å². The number of carbonyl (C=O) groups excluding carboxylic acids is 2. The van der Waals surface area contributed by atoms with Gasteiger partial charge in [-0.3, -0.25) is 9.78 Å². The number of piperazine rings is 1. The number of anilines is 1. The van der Waals surface area contributed by atoms with Crippen molar-refractivity contribution in [1.29, 1.82) is 0 Å². The Morgan fingerprint density at radius 1 is 1.00 bits per heavy atom. The van der Waals surface area contributed by atoms with Gasteiger partial charge in [0.05, 0.1) is 24.1 Å². The third kappa shape index (κ3) is 4.21. The standard InChI is InChI=1S/C18H26N4O3/c1-2-25-18(24)22-10-8-21(9-11-22)17(23)15-12-16(14-19-13-15)20-6-4-3-5-7-20/h12-14H,2-11H2,1H3. The Balaban J connectivity index is 1.61. The smallest absolute Gasteiger partial charge is 0.409 e. The van der Waals surface area contributed by atoms with Crippen LogP contribution in [0.4, 0.5) is 10.5 Å². The number of hydrogen-bond acceptors (Lipinski definition) is 5. The van der Waals surface area contributed by atoms with Gasteiger partial charge in [0, 0.05) is 45.5 Å². The highest BCUT2D eigenvalue weighted by Gasteiger charge is 2.26. The number of piperidine rings is 1. The summed E-state index contributed by atoms with van der Waals surface area (Å²) in [7, 11) is 0. The van der Waals surface area contributed by atoms with Crippen LogP contribution in [0.2, 0.25) is 0 Å². The molecule has 0 aromatic carbocycles. The fourth-order valence-electron chi connectivity index (χ4n) is 3.36. The Hall–Kier alpha value is -2.31. The number of amides is 2. The maximum Gasteiger partial charge on any atom is 0.409 e. The second-order valence-corrected chi connectivity index (χ2v) is 6.46. The first-order chi connectivity index (χ1) is 12.2. The first kappa shape index (κ1) is 17.5. The molecular formula is C18H26N4O3. The zero-order valence-corrected chi connectivity index (χ0v) is 14.8. The first-order valence-corrected chi connectivity index (χ1v) is 9.10. The van der Waals surface area contributed by atoms with Crippen LogP contribution in [0.5, 0.6) is 0 Å². The molecule has 0 atom stereocenters. The van der Waals surface area contributed by atoms with Crippen molar-refractivity contribution in [3.63, 3.8) is 0 Å². The fourth-order valence-corrected chi connectivity index (χ4v) is 3.36. The van der Waals surface area contributed by atoms with Crippen molar-refractivity contribution < 1.29 is 14.3 Å². The second kappa shape index (κ2) is 8.18. The van der Waals surface area contributed by atoms with Crippen LogP contribution in [0.15, 0.2) is 18.5 Å². The van der Waals surface area contributed by atoms with E-state index in [2.05, 4.69) is 9.88 Å². The van der Waals surface area contributed by atoms with Crippen molar-refractivity contribution >= 4 is 17.7 Å². The van der Waals surface area contributed by atoms with Gasteiger partial charge in [-0.2, -0.15) is 0 Å². The molecule has 1 aromatic rings. The largest absolute Gasteiger partial charge is 0.450 e. The molecule has 3 heterocycles. The van der Waals surface area contributed by atoms with E-state index in [4.69, 9.17) is 4.74 Å². The molecule has 2 aliphatic rings. The van der Waals surface area contributed by atoms with E-state index in [0.29, 0.717) is 38.3 Å². The van der Waals surface area contributed by atoms with E-state index in [-0.39, 0.29) is 12.0 Å². The summed E-state index contributed by atoms with van der Waals surface area (Å²) in [6.07, 6.45) is 6.81. The maximum atomic E-state index is 12.8. The lowest BCUT2D eigenvalue weighted by atomic mass is 10.1. The van der Waals surface area contributed by atoms with Crippen LogP contribution < -0.4 is 4.90 Å². The zero-order valence-electron chi connectivity index (χ0n) is 14.8. The Morgan fingerprint density at radius 2 is 1.68 bits per heavy atom. The third-order valence-corrected chi connectivity index (χ3v) is 4.78. The van der Waals surface area contributed by atoms with E-state index in [9.17, 15) is 9.59 Å². The van der Waals surface area contributed by atoms with E-state index in [1.807, 2.05) is 12.3 Å². The summed E-state index contributed by atoms with van der Waals surface area (Å²) in [5.74, 6) is -0.0186. The highest BCUT2D eigenvalue weighted by atomic mass is 16.6. The van der Waals surface area contributed by atoms with Gasteiger partial charge in [-0.1, -0.05) is 0 Å². The van der Waals surface area contributed by atoms with Gasteiger partial charge in [-0.05, 0) is 32.3 Å². The average Bonchev–Trinajstić information content (AvgIpc) is 2.68. The van der Waals surface area contributed by atoms with E-state index < -0.39 is 0 Å². The molecule has 0 bridgehead atoms. The molecule has 1 aromatic heterocycles. The van der Waals surface area contributed by atoms with Gasteiger partial charge >= 0.3 is 6.09 Å². The van der Waals surface area contributed by atoms with Gasteiger partial charge in [-0.15, -0.1) is 0 Å². The molecule has 0 radical (unpaired) electrons. The van der Waals surface area contributed by atoms with E-state index in [1.54, 1.807) is 22.9 Å². The Bertz CT molecular complexity index is 608. The van der Waals surface area contributed by atoms with Gasteiger partial charge in [-0.25, -0.2) is 4.79 Å². The van der Waals surface area contributed by atoms with Gasteiger partial charge in [0.15, 0.2) is 0 Å². The van der Waals surface area contributed by atoms with Crippen LogP contribution in [-0.2, 0) is 4.74 Å². The zero-order chi connectivity index (χ0) is 17.6. The summed E-state index contributed by atoms with van der Waals surface area (Å²) in [6.45, 7) is 6.26. The van der Waals surface area contributed by atoms with Gasteiger partial charge < -0.3 is 19.4 Å². The molecule has 2 saturated heterocycles. The molecule has 2 aliphatic heterocycles. The number of nitrogens with zero attached hydrogens (tertiary/aromatic N) is 4. The van der Waals surface area contributed by atoms with Crippen LogP contribution in [-0.4, -0.2) is 72.7 Å². The summed E-state index contributed by atoms with van der Waals surface area (Å²) >= 11 is 0. The normalized spacial score (nSPS) is 18.2. The van der Waals surface area contributed by atoms with E-state index in [1.165, 1.54) is 19.3 Å². The first-order valence-electron chi connectivity index (χ1n) is 9.10. The topological polar surface area (TPSA) is 66.0 Å². The highest BCUT2D eigenvalue weighted by molar-refractivity contribution is 5.95. The maximum absolute atomic E-state index is 12.8. The lowest BCUT2D eigenvalue weighted by Crippen LogP contribution is -2.50. The quantitative estimate of drug-likeness (QED) is 0.837. The summed E-state index contributed by atoms with van der Waals surface area (Å²) in [5.41, 5.74) is 1.64. The Labute approximate surface area is 148 Å². The van der Waals surface area contributed by atoms with Crippen molar-refractivity contribution in [2.75, 3.05) is 50.8 Å². The van der Waals surface area contributed by atoms with Crippen molar-refractivity contribution in [3.05, 3.63) is 24.0 Å². The fraction of sp³-hybridized carbons (Fsp3) is 0.611. The number of rotatable bonds is 3. The molecule has 7 nitrogen and oxygen atoms in total. The van der Waals surface area contributed by atoms with Crippen LogP contribution in [0.25, 0.3) is 0 Å². The Kier molecular flexibility index (Phi) is 5.73. The van der Waals surface area contributed by atoms with Gasteiger partial charge in [0.2, 0.25) is 0 Å². The lowest BCUT2D eigenvalue weighted by molar-refractivity contribution is 0.0570. The minimum Gasteiger partial charge on any atom is -0.450 e. The third-order valence-electron chi connectivity index (χ3n) is 4.78. The monoisotopic (exact) mass is 346 g/mol. The molecule has 0 aliphatic carbocycles. The molecule has 136 valence electrons. The molecule has 7 heteroatoms. The number of carbonyl (C=O) groups is 2. The van der Waals surface area contributed by atoms with Crippen LogP contribution >= 0.6 is 0 Å². The summed E-state index contributed by atoms with van der Waals surface area (Å²) in [4.78, 5) is 34.5. The molecule has 0 spiro atoms. The van der Waals surface area contributed by atoms with Gasteiger partial charge in [0.25, 0.3) is 5.91 Å². The minimum absolute atomic E-state index is 0.0186. The lowest BCUT2D eigenvalue weighted by Gasteiger charge is -2.34. The van der Waals surface area contributed by atoms with E-state index in [0.717, 1.165) is 18.8 Å². The molecule has 0 N–H and O–H groups in total. The predicted octanol–water partition coefficient (Wildman–Crippen LogP) is 1.99. The summed E-state index contributed by atoms with van der Waals surface area (Å²) < 4.78 is 5.01. The van der Waals surface area contributed by atoms with Crippen molar-refractivity contribution in [2.45, 2.75) is 26.2 Å². The highest BCUT2D eigenvalue weighted by Crippen LogP contribution is 2.20. The van der Waals surface area contributed by atoms with Crippen LogP contribution in [0, 0.1) is 0 Å². The average molecular weight is 346 g/mol. The molecule has 2 fully saturated rings. The van der Waals surface area contributed by atoms with Crippen molar-refractivity contribution in [3.8, 4) is 0 Å². The summed E-state index contributed by atoms with van der Waals surface area (Å²) in [6, 6.07) is 1.94.